The maximum absolute atomic E-state index is 11.4. The van der Waals surface area contributed by atoms with Crippen LogP contribution in [0.15, 0.2) is 52.0 Å². The van der Waals surface area contributed by atoms with E-state index >= 15 is 0 Å². The van der Waals surface area contributed by atoms with Crippen molar-refractivity contribution in [3.63, 3.8) is 0 Å². The van der Waals surface area contributed by atoms with Gasteiger partial charge in [0.05, 0.1) is 25.1 Å². The first-order valence-electron chi connectivity index (χ1n) is 8.22. The van der Waals surface area contributed by atoms with Crippen LogP contribution in [0.25, 0.3) is 0 Å². The van der Waals surface area contributed by atoms with Crippen LogP contribution < -0.4 is 14.9 Å². The number of hydrogen-bond donors (Lipinski definition) is 1. The second-order valence-electron chi connectivity index (χ2n) is 5.11. The molecule has 0 aliphatic heterocycles. The fraction of sp³-hybridized carbons (Fsp3) is 0.263. The molecule has 0 aromatic heterocycles. The maximum atomic E-state index is 11.4. The van der Waals surface area contributed by atoms with Crippen molar-refractivity contribution in [1.29, 1.82) is 0 Å². The minimum atomic E-state index is -0.418. The number of benzene rings is 2. The van der Waals surface area contributed by atoms with E-state index in [1.54, 1.807) is 25.3 Å². The van der Waals surface area contributed by atoms with Crippen LogP contribution in [-0.2, 0) is 9.53 Å². The third kappa shape index (κ3) is 6.40. The van der Waals surface area contributed by atoms with Gasteiger partial charge in [-0.3, -0.25) is 5.43 Å². The van der Waals surface area contributed by atoms with Gasteiger partial charge in [-0.2, -0.15) is 5.10 Å². The summed E-state index contributed by atoms with van der Waals surface area (Å²) in [5.74, 6) is 0.610. The lowest BCUT2D eigenvalue weighted by atomic mass is 10.2. The lowest BCUT2D eigenvalue weighted by Crippen LogP contribution is -2.15. The average molecular weight is 421 g/mol. The Kier molecular flexibility index (Phi) is 7.95. The number of esters is 1. The Balaban J connectivity index is 2.04. The molecule has 0 bridgehead atoms. The summed E-state index contributed by atoms with van der Waals surface area (Å²) in [5.41, 5.74) is 4.66. The normalized spacial score (nSPS) is 10.6. The topological polar surface area (TPSA) is 69.2 Å². The first kappa shape index (κ1) is 19.8. The van der Waals surface area contributed by atoms with Gasteiger partial charge in [-0.1, -0.05) is 22.0 Å². The van der Waals surface area contributed by atoms with E-state index < -0.39 is 5.97 Å². The number of halogens is 1. The van der Waals surface area contributed by atoms with Gasteiger partial charge in [0.25, 0.3) is 0 Å². The molecule has 0 fully saturated rings. The number of carbonyl (C=O) groups is 1. The summed E-state index contributed by atoms with van der Waals surface area (Å²) in [6.07, 6.45) is 1.68. The summed E-state index contributed by atoms with van der Waals surface area (Å²) in [6, 6.07) is 13.1. The number of hydrogen-bond acceptors (Lipinski definition) is 6. The van der Waals surface area contributed by atoms with Crippen molar-refractivity contribution in [3.05, 3.63) is 52.5 Å². The van der Waals surface area contributed by atoms with Crippen molar-refractivity contribution in [2.45, 2.75) is 13.8 Å². The van der Waals surface area contributed by atoms with Crippen LogP contribution in [0.2, 0.25) is 0 Å². The average Bonchev–Trinajstić information content (AvgIpc) is 2.62. The Hall–Kier alpha value is -2.54. The van der Waals surface area contributed by atoms with Gasteiger partial charge in [0.15, 0.2) is 18.1 Å². The molecule has 2 aromatic carbocycles. The molecule has 26 heavy (non-hydrogen) atoms. The van der Waals surface area contributed by atoms with Gasteiger partial charge < -0.3 is 14.2 Å². The minimum Gasteiger partial charge on any atom is -0.490 e. The van der Waals surface area contributed by atoms with Crippen molar-refractivity contribution in [1.82, 2.24) is 0 Å². The second-order valence-corrected chi connectivity index (χ2v) is 6.03. The molecule has 6 nitrogen and oxygen atoms in total. The van der Waals surface area contributed by atoms with Crippen molar-refractivity contribution in [2.75, 3.05) is 25.2 Å². The molecule has 0 aliphatic rings. The zero-order valence-electron chi connectivity index (χ0n) is 14.7. The van der Waals surface area contributed by atoms with E-state index in [9.17, 15) is 4.79 Å². The highest BCUT2D eigenvalue weighted by molar-refractivity contribution is 9.10. The summed E-state index contributed by atoms with van der Waals surface area (Å²) in [6.45, 7) is 4.27. The number of hydrazone groups is 1. The van der Waals surface area contributed by atoms with Gasteiger partial charge in [-0.05, 0) is 55.8 Å². The SMILES string of the molecule is CCOC(=O)COc1ccc(/C=N\Nc2cccc(Br)c2)cc1OCC. The Labute approximate surface area is 161 Å². The van der Waals surface area contributed by atoms with E-state index in [4.69, 9.17) is 14.2 Å². The third-order valence-electron chi connectivity index (χ3n) is 3.15. The van der Waals surface area contributed by atoms with Crippen LogP contribution in [-0.4, -0.2) is 32.0 Å². The quantitative estimate of drug-likeness (QED) is 0.373. The minimum absolute atomic E-state index is 0.161. The molecule has 0 saturated heterocycles. The molecule has 0 radical (unpaired) electrons. The van der Waals surface area contributed by atoms with Crippen LogP contribution in [0, 0.1) is 0 Å². The molecule has 0 atom stereocenters. The molecule has 2 rings (SSSR count). The zero-order valence-corrected chi connectivity index (χ0v) is 16.3. The van der Waals surface area contributed by atoms with Gasteiger partial charge in [0.2, 0.25) is 0 Å². The Bertz CT molecular complexity index is 765. The van der Waals surface area contributed by atoms with E-state index in [0.29, 0.717) is 24.7 Å². The summed E-state index contributed by atoms with van der Waals surface area (Å²) in [4.78, 5) is 11.4. The highest BCUT2D eigenvalue weighted by atomic mass is 79.9. The number of rotatable bonds is 9. The van der Waals surface area contributed by atoms with Crippen LogP contribution in [0.4, 0.5) is 5.69 Å². The number of carbonyl (C=O) groups excluding carboxylic acids is 1. The van der Waals surface area contributed by atoms with E-state index in [1.165, 1.54) is 0 Å². The first-order valence-corrected chi connectivity index (χ1v) is 9.01. The molecule has 138 valence electrons. The van der Waals surface area contributed by atoms with Gasteiger partial charge in [0.1, 0.15) is 0 Å². The zero-order chi connectivity index (χ0) is 18.8. The molecule has 1 N–H and O–H groups in total. The third-order valence-corrected chi connectivity index (χ3v) is 3.64. The fourth-order valence-corrected chi connectivity index (χ4v) is 2.47. The maximum Gasteiger partial charge on any atom is 0.344 e. The predicted octanol–water partition coefficient (Wildman–Crippen LogP) is 4.24. The molecule has 0 saturated carbocycles. The van der Waals surface area contributed by atoms with E-state index in [1.807, 2.05) is 37.3 Å². The summed E-state index contributed by atoms with van der Waals surface area (Å²) >= 11 is 3.41. The summed E-state index contributed by atoms with van der Waals surface area (Å²) in [5, 5.41) is 4.22. The van der Waals surface area contributed by atoms with E-state index in [0.717, 1.165) is 15.7 Å². The highest BCUT2D eigenvalue weighted by Crippen LogP contribution is 2.28. The number of nitrogens with zero attached hydrogens (tertiary/aromatic N) is 1. The van der Waals surface area contributed by atoms with Crippen molar-refractivity contribution in [2.24, 2.45) is 5.10 Å². The van der Waals surface area contributed by atoms with Crippen LogP contribution >= 0.6 is 15.9 Å². The van der Waals surface area contributed by atoms with E-state index in [-0.39, 0.29) is 6.61 Å². The van der Waals surface area contributed by atoms with Crippen LogP contribution in [0.1, 0.15) is 19.4 Å². The largest absolute Gasteiger partial charge is 0.490 e. The summed E-state index contributed by atoms with van der Waals surface area (Å²) in [7, 11) is 0. The molecule has 0 amide bonds. The first-order chi connectivity index (χ1) is 12.6. The van der Waals surface area contributed by atoms with E-state index in [2.05, 4.69) is 26.5 Å². The molecule has 0 spiro atoms. The fourth-order valence-electron chi connectivity index (χ4n) is 2.07. The van der Waals surface area contributed by atoms with Crippen molar-refractivity contribution >= 4 is 33.8 Å². The van der Waals surface area contributed by atoms with Gasteiger partial charge in [0, 0.05) is 4.47 Å². The van der Waals surface area contributed by atoms with Gasteiger partial charge in [-0.25, -0.2) is 4.79 Å². The summed E-state index contributed by atoms with van der Waals surface area (Å²) < 4.78 is 16.9. The van der Waals surface area contributed by atoms with Gasteiger partial charge >= 0.3 is 5.97 Å². The van der Waals surface area contributed by atoms with Crippen LogP contribution in [0.3, 0.4) is 0 Å². The molecule has 2 aromatic rings. The molecular weight excluding hydrogens is 400 g/mol. The molecule has 0 unspecified atom stereocenters. The van der Waals surface area contributed by atoms with Crippen molar-refractivity contribution in [3.8, 4) is 11.5 Å². The Morgan fingerprint density at radius 3 is 2.69 bits per heavy atom. The van der Waals surface area contributed by atoms with Crippen molar-refractivity contribution < 1.29 is 19.0 Å². The lowest BCUT2D eigenvalue weighted by molar-refractivity contribution is -0.145. The van der Waals surface area contributed by atoms with Crippen LogP contribution in [0.5, 0.6) is 11.5 Å². The monoisotopic (exact) mass is 420 g/mol. The highest BCUT2D eigenvalue weighted by Gasteiger charge is 2.09. The Morgan fingerprint density at radius 2 is 1.96 bits per heavy atom. The molecule has 0 aliphatic carbocycles. The standard InChI is InChI=1S/C19H21BrN2O4/c1-3-24-18-10-14(8-9-17(18)26-13-19(23)25-4-2)12-21-22-16-7-5-6-15(20)11-16/h5-12,22H,3-4,13H2,1-2H3/b21-12-. The second kappa shape index (κ2) is 10.5. The molecule has 7 heteroatoms. The molecular formula is C19H21BrN2O4. The van der Waals surface area contributed by atoms with Gasteiger partial charge in [-0.15, -0.1) is 0 Å². The number of anilines is 1. The lowest BCUT2D eigenvalue weighted by Gasteiger charge is -2.12. The Morgan fingerprint density at radius 1 is 1.12 bits per heavy atom. The molecule has 0 heterocycles. The number of nitrogens with one attached hydrogen (secondary N) is 1. The smallest absolute Gasteiger partial charge is 0.344 e. The predicted molar refractivity (Wildman–Crippen MR) is 105 cm³/mol. The number of ether oxygens (including phenoxy) is 3.